The molecule has 1 aromatic heterocycles. The van der Waals surface area contributed by atoms with Crippen LogP contribution in [-0.2, 0) is 15.6 Å². The molecule has 1 amide bonds. The molecule has 7 heteroatoms. The second-order valence-electron chi connectivity index (χ2n) is 5.93. The second kappa shape index (κ2) is 5.07. The van der Waals surface area contributed by atoms with Crippen molar-refractivity contribution in [3.63, 3.8) is 0 Å². The first-order valence-corrected chi connectivity index (χ1v) is 8.89. The van der Waals surface area contributed by atoms with Gasteiger partial charge in [-0.2, -0.15) is 0 Å². The number of carbonyl (C=O) groups is 1. The Labute approximate surface area is 123 Å². The molecule has 0 radical (unpaired) electrons. The topological polar surface area (TPSA) is 59.4 Å². The average Bonchev–Trinajstić information content (AvgIpc) is 2.90. The molecule has 1 saturated heterocycles. The standard InChI is InChI=1S/C13H19ClN2O3S/c1-4-15-8-10(20(14,18)19)7-11(15)12(17)16-6-5-13(2,3)9-16/h7-8H,4-6,9H2,1-3H3. The fourth-order valence-electron chi connectivity index (χ4n) is 2.51. The number of nitrogens with zero attached hydrogens (tertiary/aromatic N) is 2. The molecule has 0 spiro atoms. The summed E-state index contributed by atoms with van der Waals surface area (Å²) in [7, 11) is 1.53. The zero-order chi connectivity index (χ0) is 15.1. The molecule has 1 fully saturated rings. The van der Waals surface area contributed by atoms with Crippen molar-refractivity contribution in [3.8, 4) is 0 Å². The van der Waals surface area contributed by atoms with Gasteiger partial charge >= 0.3 is 0 Å². The third-order valence-electron chi connectivity index (χ3n) is 3.68. The highest BCUT2D eigenvalue weighted by molar-refractivity contribution is 8.13. The predicted molar refractivity (Wildman–Crippen MR) is 77.4 cm³/mol. The highest BCUT2D eigenvalue weighted by Crippen LogP contribution is 2.30. The summed E-state index contributed by atoms with van der Waals surface area (Å²) in [5, 5.41) is 0. The van der Waals surface area contributed by atoms with Gasteiger partial charge in [-0.25, -0.2) is 8.42 Å². The molecule has 5 nitrogen and oxygen atoms in total. The van der Waals surface area contributed by atoms with Gasteiger partial charge in [0, 0.05) is 36.5 Å². The summed E-state index contributed by atoms with van der Waals surface area (Å²) in [6, 6.07) is 1.36. The van der Waals surface area contributed by atoms with Gasteiger partial charge in [-0.1, -0.05) is 13.8 Å². The lowest BCUT2D eigenvalue weighted by atomic mass is 9.93. The third kappa shape index (κ3) is 3.01. The van der Waals surface area contributed by atoms with Crippen LogP contribution < -0.4 is 0 Å². The summed E-state index contributed by atoms with van der Waals surface area (Å²) >= 11 is 0. The zero-order valence-corrected chi connectivity index (χ0v) is 13.5. The SMILES string of the molecule is CCn1cc(S(=O)(=O)Cl)cc1C(=O)N1CCC(C)(C)C1. The molecule has 0 N–H and O–H groups in total. The fraction of sp³-hybridized carbons (Fsp3) is 0.615. The zero-order valence-electron chi connectivity index (χ0n) is 11.9. The van der Waals surface area contributed by atoms with Crippen LogP contribution in [-0.4, -0.2) is 36.9 Å². The molecular weight excluding hydrogens is 300 g/mol. The molecule has 0 unspecified atom stereocenters. The average molecular weight is 319 g/mol. The van der Waals surface area contributed by atoms with Crippen LogP contribution in [0.1, 0.15) is 37.7 Å². The first-order chi connectivity index (χ1) is 9.14. The van der Waals surface area contributed by atoms with E-state index in [1.807, 2.05) is 6.92 Å². The van der Waals surface area contributed by atoms with Crippen molar-refractivity contribution in [1.29, 1.82) is 0 Å². The number of aromatic nitrogens is 1. The summed E-state index contributed by atoms with van der Waals surface area (Å²) < 4.78 is 24.4. The van der Waals surface area contributed by atoms with Gasteiger partial charge in [0.1, 0.15) is 10.6 Å². The number of likely N-dealkylation sites (tertiary alicyclic amines) is 1. The summed E-state index contributed by atoms with van der Waals surface area (Å²) in [5.74, 6) is -0.135. The van der Waals surface area contributed by atoms with E-state index in [1.54, 1.807) is 9.47 Å². The molecule has 20 heavy (non-hydrogen) atoms. The molecule has 1 aromatic rings. The van der Waals surface area contributed by atoms with E-state index in [-0.39, 0.29) is 16.2 Å². The highest BCUT2D eigenvalue weighted by atomic mass is 35.7. The summed E-state index contributed by atoms with van der Waals surface area (Å²) in [5.41, 5.74) is 0.491. The lowest BCUT2D eigenvalue weighted by Crippen LogP contribution is -2.31. The highest BCUT2D eigenvalue weighted by Gasteiger charge is 2.33. The Morgan fingerprint density at radius 1 is 1.45 bits per heavy atom. The van der Waals surface area contributed by atoms with Gasteiger partial charge in [0.25, 0.3) is 15.0 Å². The number of hydrogen-bond donors (Lipinski definition) is 0. The van der Waals surface area contributed by atoms with Crippen LogP contribution in [0.5, 0.6) is 0 Å². The number of halogens is 1. The van der Waals surface area contributed by atoms with E-state index in [4.69, 9.17) is 10.7 Å². The van der Waals surface area contributed by atoms with Crippen LogP contribution in [0.3, 0.4) is 0 Å². The van der Waals surface area contributed by atoms with E-state index >= 15 is 0 Å². The molecule has 0 aromatic carbocycles. The Morgan fingerprint density at radius 3 is 2.55 bits per heavy atom. The van der Waals surface area contributed by atoms with Gasteiger partial charge in [-0.15, -0.1) is 0 Å². The minimum Gasteiger partial charge on any atom is -0.342 e. The lowest BCUT2D eigenvalue weighted by molar-refractivity contribution is 0.0767. The molecule has 1 aliphatic heterocycles. The molecule has 1 aliphatic rings. The van der Waals surface area contributed by atoms with Gasteiger partial charge in [0.2, 0.25) is 0 Å². The molecule has 2 heterocycles. The van der Waals surface area contributed by atoms with Gasteiger partial charge in [-0.3, -0.25) is 4.79 Å². The largest absolute Gasteiger partial charge is 0.342 e. The van der Waals surface area contributed by atoms with Gasteiger partial charge in [0.05, 0.1) is 0 Å². The van der Waals surface area contributed by atoms with E-state index in [0.717, 1.165) is 6.42 Å². The summed E-state index contributed by atoms with van der Waals surface area (Å²) in [6.07, 6.45) is 2.36. The first kappa shape index (κ1) is 15.4. The quantitative estimate of drug-likeness (QED) is 0.804. The number of aryl methyl sites for hydroxylation is 1. The molecule has 2 rings (SSSR count). The fourth-order valence-corrected chi connectivity index (χ4v) is 3.26. The Morgan fingerprint density at radius 2 is 2.10 bits per heavy atom. The molecule has 112 valence electrons. The summed E-state index contributed by atoms with van der Waals surface area (Å²) in [6.45, 7) is 8.00. The van der Waals surface area contributed by atoms with Crippen molar-refractivity contribution in [1.82, 2.24) is 9.47 Å². The van der Waals surface area contributed by atoms with Crippen LogP contribution in [0.15, 0.2) is 17.2 Å². The maximum absolute atomic E-state index is 12.5. The monoisotopic (exact) mass is 318 g/mol. The number of hydrogen-bond acceptors (Lipinski definition) is 3. The van der Waals surface area contributed by atoms with Crippen molar-refractivity contribution >= 4 is 25.6 Å². The summed E-state index contributed by atoms with van der Waals surface area (Å²) in [4.78, 5) is 14.3. The number of carbonyl (C=O) groups excluding carboxylic acids is 1. The van der Waals surface area contributed by atoms with Gasteiger partial charge < -0.3 is 9.47 Å². The molecule has 0 atom stereocenters. The molecular formula is C13H19ClN2O3S. The van der Waals surface area contributed by atoms with Crippen LogP contribution >= 0.6 is 10.7 Å². The van der Waals surface area contributed by atoms with Gasteiger partial charge in [-0.05, 0) is 24.8 Å². The maximum atomic E-state index is 12.5. The van der Waals surface area contributed by atoms with E-state index in [1.165, 1.54) is 12.3 Å². The third-order valence-corrected chi connectivity index (χ3v) is 5.00. The Hall–Kier alpha value is -1.01. The number of rotatable bonds is 3. The van der Waals surface area contributed by atoms with Crippen LogP contribution in [0.2, 0.25) is 0 Å². The van der Waals surface area contributed by atoms with E-state index in [2.05, 4.69) is 13.8 Å². The van der Waals surface area contributed by atoms with Crippen LogP contribution in [0, 0.1) is 5.41 Å². The Balaban J connectivity index is 2.33. The first-order valence-electron chi connectivity index (χ1n) is 6.58. The Bertz CT molecular complexity index is 634. The predicted octanol–water partition coefficient (Wildman–Crippen LogP) is 2.31. The van der Waals surface area contributed by atoms with E-state index in [9.17, 15) is 13.2 Å². The van der Waals surface area contributed by atoms with Crippen LogP contribution in [0.4, 0.5) is 0 Å². The normalized spacial score (nSPS) is 18.5. The van der Waals surface area contributed by atoms with Crippen molar-refractivity contribution in [2.75, 3.05) is 13.1 Å². The van der Waals surface area contributed by atoms with Crippen molar-refractivity contribution in [2.24, 2.45) is 5.41 Å². The molecule has 0 aliphatic carbocycles. The van der Waals surface area contributed by atoms with Crippen LogP contribution in [0.25, 0.3) is 0 Å². The minimum atomic E-state index is -3.81. The molecule has 0 bridgehead atoms. The van der Waals surface area contributed by atoms with E-state index in [0.29, 0.717) is 25.3 Å². The number of amides is 1. The van der Waals surface area contributed by atoms with Crippen molar-refractivity contribution in [3.05, 3.63) is 18.0 Å². The van der Waals surface area contributed by atoms with Crippen molar-refractivity contribution < 1.29 is 13.2 Å². The lowest BCUT2D eigenvalue weighted by Gasteiger charge is -2.20. The molecule has 0 saturated carbocycles. The minimum absolute atomic E-state index is 0.0252. The van der Waals surface area contributed by atoms with Gasteiger partial charge in [0.15, 0.2) is 0 Å². The second-order valence-corrected chi connectivity index (χ2v) is 8.49. The Kier molecular flexibility index (Phi) is 3.90. The maximum Gasteiger partial charge on any atom is 0.270 e. The van der Waals surface area contributed by atoms with Crippen molar-refractivity contribution in [2.45, 2.75) is 38.6 Å². The smallest absolute Gasteiger partial charge is 0.270 e. The van der Waals surface area contributed by atoms with E-state index < -0.39 is 9.05 Å².